The van der Waals surface area contributed by atoms with E-state index >= 15 is 0 Å². The fourth-order valence-corrected chi connectivity index (χ4v) is 8.41. The molecule has 4 amide bonds. The Morgan fingerprint density at radius 2 is 0.754 bits per heavy atom. The number of imide groups is 2. The Labute approximate surface area is 325 Å². The average molecular weight is 753 g/mol. The van der Waals surface area contributed by atoms with Crippen molar-refractivity contribution in [2.24, 2.45) is 0 Å². The third-order valence-electron chi connectivity index (χ3n) is 11.2. The van der Waals surface area contributed by atoms with Crippen LogP contribution in [0.4, 0.5) is 0 Å². The minimum absolute atomic E-state index is 0.0261. The number of hydrogen-bond acceptors (Lipinski definition) is 5. The molecule has 4 aromatic heterocycles. The monoisotopic (exact) mass is 752 g/mol. The molecule has 6 heterocycles. The van der Waals surface area contributed by atoms with Gasteiger partial charge < -0.3 is 24.7 Å². The van der Waals surface area contributed by atoms with E-state index in [1.165, 1.54) is 9.80 Å². The van der Waals surface area contributed by atoms with E-state index in [9.17, 15) is 19.2 Å². The molecule has 0 saturated carbocycles. The number of H-pyrrole nitrogens is 4. The number of hydrogen-bond donors (Lipinski definition) is 4. The van der Waals surface area contributed by atoms with Crippen LogP contribution < -0.4 is 0 Å². The second kappa shape index (κ2) is 13.5. The van der Waals surface area contributed by atoms with Crippen molar-refractivity contribution in [2.75, 3.05) is 19.7 Å². The van der Waals surface area contributed by atoms with Gasteiger partial charge >= 0.3 is 0 Å². The summed E-state index contributed by atoms with van der Waals surface area (Å²) in [5, 5.41) is 3.40. The van der Waals surface area contributed by atoms with Gasteiger partial charge in [0.05, 0.1) is 41.5 Å². The Balaban J connectivity index is 0.874. The molecule has 0 unspecified atom stereocenters. The molecule has 1 atom stereocenters. The van der Waals surface area contributed by atoms with Gasteiger partial charge in [0, 0.05) is 97.2 Å². The number of benzene rings is 4. The first kappa shape index (κ1) is 34.3. The maximum absolute atomic E-state index is 14.3. The van der Waals surface area contributed by atoms with Crippen molar-refractivity contribution in [1.82, 2.24) is 29.7 Å². The van der Waals surface area contributed by atoms with Crippen molar-refractivity contribution in [1.29, 1.82) is 0 Å². The number of amides is 4. The number of carbonyl (C=O) groups is 4. The van der Waals surface area contributed by atoms with Crippen LogP contribution in [0.25, 0.3) is 65.9 Å². The Kier molecular flexibility index (Phi) is 8.12. The van der Waals surface area contributed by atoms with Gasteiger partial charge in [0.1, 0.15) is 0 Å². The third kappa shape index (κ3) is 5.46. The van der Waals surface area contributed by atoms with E-state index in [-0.39, 0.29) is 31.5 Å². The van der Waals surface area contributed by atoms with Gasteiger partial charge in [-0.1, -0.05) is 72.8 Å². The fraction of sp³-hybridized carbons (Fsp3) is 0.130. The highest BCUT2D eigenvalue weighted by Gasteiger charge is 2.42. The summed E-state index contributed by atoms with van der Waals surface area (Å²) in [4.78, 5) is 72.6. The molecular formula is C46H36N6O5. The van der Waals surface area contributed by atoms with Gasteiger partial charge in [0.25, 0.3) is 23.6 Å². The molecule has 11 heteroatoms. The molecule has 8 aromatic rings. The largest absolute Gasteiger partial charge is 0.377 e. The summed E-state index contributed by atoms with van der Waals surface area (Å²) < 4.78 is 6.19. The smallest absolute Gasteiger partial charge is 0.262 e. The van der Waals surface area contributed by atoms with E-state index in [4.69, 9.17) is 4.74 Å². The standard InChI is InChI=1S/C46H36N6O5/c1-26(18-19-51-43(53)39(31-22-47-35-14-6-2-10-27(31)35)40(44(51)54)32-23-48-36-15-7-3-11-28(32)36)57-21-20-52-45(55)41(33-24-49-37-16-8-4-12-29(33)37)42(46(52)56)34-25-50-38-17-9-5-13-30(34)38/h2-17,22-26,47-50H,18-21H2,1H3/t26-/m0/s1. The molecule has 4 N–H and O–H groups in total. The maximum Gasteiger partial charge on any atom is 0.262 e. The van der Waals surface area contributed by atoms with Crippen molar-refractivity contribution in [3.8, 4) is 0 Å². The molecule has 0 bridgehead atoms. The highest BCUT2D eigenvalue weighted by molar-refractivity contribution is 6.51. The van der Waals surface area contributed by atoms with Crippen LogP contribution in [0.2, 0.25) is 0 Å². The molecule has 57 heavy (non-hydrogen) atoms. The topological polar surface area (TPSA) is 147 Å². The summed E-state index contributed by atoms with van der Waals surface area (Å²) in [5.74, 6) is -1.53. The van der Waals surface area contributed by atoms with Crippen molar-refractivity contribution >= 4 is 89.5 Å². The predicted octanol–water partition coefficient (Wildman–Crippen LogP) is 7.67. The number of carbonyl (C=O) groups excluding carboxylic acids is 4. The lowest BCUT2D eigenvalue weighted by molar-refractivity contribution is -0.139. The fourth-order valence-electron chi connectivity index (χ4n) is 8.41. The first-order valence-corrected chi connectivity index (χ1v) is 19.0. The molecule has 0 spiro atoms. The number of aromatic nitrogens is 4. The molecule has 0 fully saturated rings. The quantitative estimate of drug-likeness (QED) is 0.100. The Morgan fingerprint density at radius 1 is 0.456 bits per heavy atom. The summed E-state index contributed by atoms with van der Waals surface area (Å²) in [6.07, 6.45) is 7.09. The normalized spacial score (nSPS) is 15.7. The summed E-state index contributed by atoms with van der Waals surface area (Å²) in [7, 11) is 0. The van der Waals surface area contributed by atoms with Crippen LogP contribution in [0, 0.1) is 0 Å². The summed E-state index contributed by atoms with van der Waals surface area (Å²) in [5.41, 5.74) is 7.50. The maximum atomic E-state index is 14.3. The van der Waals surface area contributed by atoms with Crippen LogP contribution in [-0.2, 0) is 23.9 Å². The molecule has 11 nitrogen and oxygen atoms in total. The Morgan fingerprint density at radius 3 is 1.09 bits per heavy atom. The number of ether oxygens (including phenoxy) is 1. The van der Waals surface area contributed by atoms with E-state index in [1.54, 1.807) is 24.8 Å². The van der Waals surface area contributed by atoms with Gasteiger partial charge in [0.15, 0.2) is 0 Å². The van der Waals surface area contributed by atoms with Gasteiger partial charge in [-0.05, 0) is 37.6 Å². The van der Waals surface area contributed by atoms with Gasteiger partial charge in [0.2, 0.25) is 0 Å². The van der Waals surface area contributed by atoms with E-state index in [1.807, 2.05) is 104 Å². The molecule has 0 radical (unpaired) electrons. The number of para-hydroxylation sites is 4. The first-order valence-electron chi connectivity index (χ1n) is 19.0. The van der Waals surface area contributed by atoms with Crippen molar-refractivity contribution in [3.05, 3.63) is 144 Å². The molecule has 2 aliphatic rings. The Bertz CT molecular complexity index is 2830. The molecular weight excluding hydrogens is 717 g/mol. The van der Waals surface area contributed by atoms with Gasteiger partial charge in [-0.15, -0.1) is 0 Å². The lowest BCUT2D eigenvalue weighted by atomic mass is 9.95. The van der Waals surface area contributed by atoms with Crippen LogP contribution in [0.5, 0.6) is 0 Å². The molecule has 0 aliphatic carbocycles. The molecule has 2 aliphatic heterocycles. The highest BCUT2D eigenvalue weighted by Crippen LogP contribution is 2.42. The van der Waals surface area contributed by atoms with Crippen LogP contribution >= 0.6 is 0 Å². The zero-order chi connectivity index (χ0) is 38.8. The van der Waals surface area contributed by atoms with Crippen LogP contribution in [0.1, 0.15) is 35.6 Å². The number of fused-ring (bicyclic) bond motifs is 4. The number of nitrogens with one attached hydrogen (secondary N) is 4. The second-order valence-electron chi connectivity index (χ2n) is 14.5. The Hall–Kier alpha value is -7.24. The second-order valence-corrected chi connectivity index (χ2v) is 14.5. The predicted molar refractivity (Wildman–Crippen MR) is 220 cm³/mol. The SMILES string of the molecule is C[C@@H](CCN1C(=O)C(c2c[nH]c3ccccc23)=C(c2c[nH]c3ccccc23)C1=O)OCCN1C(=O)C(c2c[nH]c3ccccc23)=C(c2c[nH]c3ccccc23)C1=O. The van der Waals surface area contributed by atoms with Crippen LogP contribution in [0.15, 0.2) is 122 Å². The van der Waals surface area contributed by atoms with Crippen molar-refractivity contribution < 1.29 is 23.9 Å². The number of rotatable bonds is 11. The molecule has 280 valence electrons. The van der Waals surface area contributed by atoms with E-state index in [2.05, 4.69) is 19.9 Å². The van der Waals surface area contributed by atoms with E-state index in [0.717, 1.165) is 43.6 Å². The van der Waals surface area contributed by atoms with Gasteiger partial charge in [-0.3, -0.25) is 29.0 Å². The molecule has 0 saturated heterocycles. The lowest BCUT2D eigenvalue weighted by Crippen LogP contribution is -2.36. The highest BCUT2D eigenvalue weighted by atomic mass is 16.5. The average Bonchev–Trinajstić information content (AvgIpc) is 4.09. The van der Waals surface area contributed by atoms with Crippen molar-refractivity contribution in [3.63, 3.8) is 0 Å². The van der Waals surface area contributed by atoms with Gasteiger partial charge in [-0.25, -0.2) is 0 Å². The summed E-state index contributed by atoms with van der Waals surface area (Å²) in [6, 6.07) is 30.8. The van der Waals surface area contributed by atoms with E-state index in [0.29, 0.717) is 51.0 Å². The zero-order valence-corrected chi connectivity index (χ0v) is 30.9. The molecule has 4 aromatic carbocycles. The van der Waals surface area contributed by atoms with Crippen molar-refractivity contribution in [2.45, 2.75) is 19.4 Å². The summed E-state index contributed by atoms with van der Waals surface area (Å²) >= 11 is 0. The minimum atomic E-state index is -0.402. The van der Waals surface area contributed by atoms with E-state index < -0.39 is 17.9 Å². The lowest BCUT2D eigenvalue weighted by Gasteiger charge is -2.20. The van der Waals surface area contributed by atoms with Crippen LogP contribution in [-0.4, -0.2) is 79.2 Å². The van der Waals surface area contributed by atoms with Crippen LogP contribution in [0.3, 0.4) is 0 Å². The molecule has 10 rings (SSSR count). The zero-order valence-electron chi connectivity index (χ0n) is 30.9. The first-order chi connectivity index (χ1) is 27.9. The third-order valence-corrected chi connectivity index (χ3v) is 11.2. The number of aromatic amines is 4. The van der Waals surface area contributed by atoms with Gasteiger partial charge in [-0.2, -0.15) is 0 Å². The minimum Gasteiger partial charge on any atom is -0.377 e. The summed E-state index contributed by atoms with van der Waals surface area (Å²) in [6.45, 7) is 2.08. The number of nitrogens with zero attached hydrogens (tertiary/aromatic N) is 2.